The summed E-state index contributed by atoms with van der Waals surface area (Å²) in [5.74, 6) is 0.870. The predicted molar refractivity (Wildman–Crippen MR) is 84.5 cm³/mol. The number of nitriles is 1. The zero-order valence-electron chi connectivity index (χ0n) is 13.5. The Balaban J connectivity index is 2.55. The summed E-state index contributed by atoms with van der Waals surface area (Å²) in [7, 11) is 0. The van der Waals surface area contributed by atoms with Gasteiger partial charge in [0.2, 0.25) is 0 Å². The van der Waals surface area contributed by atoms with Gasteiger partial charge in [0.25, 0.3) is 0 Å². The topological polar surface area (TPSA) is 56.5 Å². The summed E-state index contributed by atoms with van der Waals surface area (Å²) >= 11 is 0. The number of aliphatic hydroxyl groups excluding tert-OH is 1. The van der Waals surface area contributed by atoms with Gasteiger partial charge in [-0.3, -0.25) is 4.90 Å². The van der Waals surface area contributed by atoms with Gasteiger partial charge in [-0.05, 0) is 44.0 Å². The minimum Gasteiger partial charge on any atom is -0.490 e. The lowest BCUT2D eigenvalue weighted by Crippen LogP contribution is -2.36. The maximum absolute atomic E-state index is 10.1. The number of nitrogens with zero attached hydrogens (tertiary/aromatic N) is 2. The van der Waals surface area contributed by atoms with E-state index in [-0.39, 0.29) is 6.61 Å². The van der Waals surface area contributed by atoms with E-state index < -0.39 is 6.10 Å². The standard InChI is InChI=1S/C17H26N2O2/c1-5-19(10-6-9-18)11-16(20)12-21-17-14(3)8-7-13(2)15(17)4/h7-8,16,20H,5-6,10-12H2,1-4H3. The Labute approximate surface area is 128 Å². The fourth-order valence-electron chi connectivity index (χ4n) is 2.26. The molecule has 0 saturated carbocycles. The molecule has 0 bridgehead atoms. The Morgan fingerprint density at radius 3 is 2.57 bits per heavy atom. The van der Waals surface area contributed by atoms with Crippen molar-refractivity contribution in [2.24, 2.45) is 0 Å². The number of aryl methyl sites for hydroxylation is 2. The molecule has 21 heavy (non-hydrogen) atoms. The van der Waals surface area contributed by atoms with E-state index >= 15 is 0 Å². The van der Waals surface area contributed by atoms with Crippen LogP contribution in [0.25, 0.3) is 0 Å². The van der Waals surface area contributed by atoms with Crippen LogP contribution in [-0.2, 0) is 0 Å². The van der Waals surface area contributed by atoms with Crippen LogP contribution in [0.5, 0.6) is 5.75 Å². The van der Waals surface area contributed by atoms with Crippen molar-refractivity contribution in [1.29, 1.82) is 5.26 Å². The van der Waals surface area contributed by atoms with Crippen molar-refractivity contribution in [3.8, 4) is 11.8 Å². The molecule has 0 spiro atoms. The summed E-state index contributed by atoms with van der Waals surface area (Å²) in [6, 6.07) is 6.25. The normalized spacial score (nSPS) is 12.2. The van der Waals surface area contributed by atoms with Gasteiger partial charge in [-0.15, -0.1) is 0 Å². The summed E-state index contributed by atoms with van der Waals surface area (Å²) < 4.78 is 5.82. The lowest BCUT2D eigenvalue weighted by atomic mass is 10.1. The van der Waals surface area contributed by atoms with Crippen LogP contribution in [0.2, 0.25) is 0 Å². The highest BCUT2D eigenvalue weighted by Crippen LogP contribution is 2.25. The highest BCUT2D eigenvalue weighted by molar-refractivity contribution is 5.44. The lowest BCUT2D eigenvalue weighted by molar-refractivity contribution is 0.0701. The first-order chi connectivity index (χ1) is 9.99. The van der Waals surface area contributed by atoms with Gasteiger partial charge in [0, 0.05) is 19.5 Å². The molecule has 0 saturated heterocycles. The van der Waals surface area contributed by atoms with Gasteiger partial charge in [0.05, 0.1) is 6.07 Å². The second-order valence-electron chi connectivity index (χ2n) is 5.42. The van der Waals surface area contributed by atoms with Crippen molar-refractivity contribution < 1.29 is 9.84 Å². The highest BCUT2D eigenvalue weighted by Gasteiger charge is 2.13. The first kappa shape index (κ1) is 17.5. The SMILES string of the molecule is CCN(CCC#N)CC(O)COc1c(C)ccc(C)c1C. The average Bonchev–Trinajstić information content (AvgIpc) is 2.47. The molecule has 1 aromatic carbocycles. The van der Waals surface area contributed by atoms with Crippen LogP contribution in [0.1, 0.15) is 30.0 Å². The molecule has 0 amide bonds. The molecule has 0 aliphatic carbocycles. The highest BCUT2D eigenvalue weighted by atomic mass is 16.5. The quantitative estimate of drug-likeness (QED) is 0.799. The van der Waals surface area contributed by atoms with Crippen LogP contribution >= 0.6 is 0 Å². The molecule has 1 atom stereocenters. The summed E-state index contributed by atoms with van der Waals surface area (Å²) in [6.07, 6.45) is -0.0692. The van der Waals surface area contributed by atoms with Crippen molar-refractivity contribution in [2.75, 3.05) is 26.2 Å². The molecule has 0 aliphatic heterocycles. The molecular formula is C17H26N2O2. The minimum absolute atomic E-state index is 0.272. The van der Waals surface area contributed by atoms with Gasteiger partial charge < -0.3 is 9.84 Å². The zero-order chi connectivity index (χ0) is 15.8. The Hall–Kier alpha value is -1.57. The molecule has 4 heteroatoms. The fraction of sp³-hybridized carbons (Fsp3) is 0.588. The Bertz CT molecular complexity index is 494. The molecule has 0 aromatic heterocycles. The molecule has 116 valence electrons. The molecule has 0 heterocycles. The van der Waals surface area contributed by atoms with Crippen LogP contribution in [0.4, 0.5) is 0 Å². The van der Waals surface area contributed by atoms with E-state index in [1.807, 2.05) is 26.8 Å². The first-order valence-electron chi connectivity index (χ1n) is 7.46. The van der Waals surface area contributed by atoms with E-state index in [2.05, 4.69) is 24.0 Å². The van der Waals surface area contributed by atoms with Crippen molar-refractivity contribution in [3.63, 3.8) is 0 Å². The van der Waals surface area contributed by atoms with E-state index in [1.165, 1.54) is 5.56 Å². The number of likely N-dealkylation sites (N-methyl/N-ethyl adjacent to an activating group) is 1. The van der Waals surface area contributed by atoms with Crippen LogP contribution < -0.4 is 4.74 Å². The van der Waals surface area contributed by atoms with Gasteiger partial charge in [-0.25, -0.2) is 0 Å². The van der Waals surface area contributed by atoms with Crippen molar-refractivity contribution in [1.82, 2.24) is 4.90 Å². The number of aliphatic hydroxyl groups is 1. The summed E-state index contributed by atoms with van der Waals surface area (Å²) in [6.45, 7) is 10.4. The molecule has 0 fully saturated rings. The van der Waals surface area contributed by atoms with Gasteiger partial charge in [-0.2, -0.15) is 5.26 Å². The third kappa shape index (κ3) is 5.37. The Morgan fingerprint density at radius 1 is 1.29 bits per heavy atom. The smallest absolute Gasteiger partial charge is 0.125 e. The lowest BCUT2D eigenvalue weighted by Gasteiger charge is -2.23. The van der Waals surface area contributed by atoms with Crippen LogP contribution in [0.3, 0.4) is 0 Å². The van der Waals surface area contributed by atoms with Crippen molar-refractivity contribution >= 4 is 0 Å². The molecule has 0 radical (unpaired) electrons. The van der Waals surface area contributed by atoms with E-state index in [0.717, 1.165) is 23.4 Å². The minimum atomic E-state index is -0.553. The molecular weight excluding hydrogens is 264 g/mol. The molecule has 1 rings (SSSR count). The molecule has 1 unspecified atom stereocenters. The summed E-state index contributed by atoms with van der Waals surface area (Å²) in [5, 5.41) is 18.7. The van der Waals surface area contributed by atoms with Crippen LogP contribution in [-0.4, -0.2) is 42.4 Å². The van der Waals surface area contributed by atoms with Gasteiger partial charge in [0.15, 0.2) is 0 Å². The van der Waals surface area contributed by atoms with Crippen molar-refractivity contribution in [2.45, 2.75) is 40.2 Å². The number of rotatable bonds is 8. The van der Waals surface area contributed by atoms with E-state index in [4.69, 9.17) is 10.00 Å². The number of hydrogen-bond acceptors (Lipinski definition) is 4. The Kier molecular flexibility index (Phi) is 7.21. The third-order valence-electron chi connectivity index (χ3n) is 3.75. The predicted octanol–water partition coefficient (Wildman–Crippen LogP) is 2.59. The zero-order valence-corrected chi connectivity index (χ0v) is 13.5. The van der Waals surface area contributed by atoms with Crippen molar-refractivity contribution in [3.05, 3.63) is 28.8 Å². The molecule has 1 aromatic rings. The van der Waals surface area contributed by atoms with Crippen LogP contribution in [0.15, 0.2) is 12.1 Å². The molecule has 4 nitrogen and oxygen atoms in total. The summed E-state index contributed by atoms with van der Waals surface area (Å²) in [4.78, 5) is 2.06. The first-order valence-corrected chi connectivity index (χ1v) is 7.46. The second-order valence-corrected chi connectivity index (χ2v) is 5.42. The number of ether oxygens (including phenoxy) is 1. The second kappa shape index (κ2) is 8.66. The Morgan fingerprint density at radius 2 is 1.95 bits per heavy atom. The van der Waals surface area contributed by atoms with Gasteiger partial charge in [-0.1, -0.05) is 19.1 Å². The third-order valence-corrected chi connectivity index (χ3v) is 3.75. The van der Waals surface area contributed by atoms with E-state index in [9.17, 15) is 5.11 Å². The largest absolute Gasteiger partial charge is 0.490 e. The van der Waals surface area contributed by atoms with Gasteiger partial charge in [0.1, 0.15) is 18.5 Å². The maximum Gasteiger partial charge on any atom is 0.125 e. The molecule has 1 N–H and O–H groups in total. The maximum atomic E-state index is 10.1. The van der Waals surface area contributed by atoms with Crippen LogP contribution in [0, 0.1) is 32.1 Å². The monoisotopic (exact) mass is 290 g/mol. The number of hydrogen-bond donors (Lipinski definition) is 1. The number of benzene rings is 1. The van der Waals surface area contributed by atoms with E-state index in [0.29, 0.717) is 19.5 Å². The average molecular weight is 290 g/mol. The van der Waals surface area contributed by atoms with Gasteiger partial charge >= 0.3 is 0 Å². The van der Waals surface area contributed by atoms with E-state index in [1.54, 1.807) is 0 Å². The fourth-order valence-corrected chi connectivity index (χ4v) is 2.26. The molecule has 0 aliphatic rings. The summed E-state index contributed by atoms with van der Waals surface area (Å²) in [5.41, 5.74) is 3.40.